The first-order valence-corrected chi connectivity index (χ1v) is 9.95. The lowest BCUT2D eigenvalue weighted by Crippen LogP contribution is -1.98. The van der Waals surface area contributed by atoms with Crippen molar-refractivity contribution in [3.05, 3.63) is 107 Å². The third kappa shape index (κ3) is 2.70. The predicted octanol–water partition coefficient (Wildman–Crippen LogP) is 5.86. The fraction of sp³-hybridized carbons (Fsp3) is 0. The Morgan fingerprint density at radius 2 is 1.16 bits per heavy atom. The van der Waals surface area contributed by atoms with E-state index < -0.39 is 11.9 Å². The average molecular weight is 398 g/mol. The molecular formula is C28H14O3. The molecular weight excluding hydrogens is 384 g/mol. The van der Waals surface area contributed by atoms with Gasteiger partial charge >= 0.3 is 11.9 Å². The van der Waals surface area contributed by atoms with Gasteiger partial charge in [-0.25, -0.2) is 9.59 Å². The molecule has 1 aliphatic heterocycles. The lowest BCUT2D eigenvalue weighted by molar-refractivity contribution is 0.0444. The van der Waals surface area contributed by atoms with Crippen molar-refractivity contribution in [1.29, 1.82) is 0 Å². The molecule has 0 aromatic heterocycles. The predicted molar refractivity (Wildman–Crippen MR) is 121 cm³/mol. The van der Waals surface area contributed by atoms with Gasteiger partial charge in [0.05, 0.1) is 11.1 Å². The minimum Gasteiger partial charge on any atom is -0.386 e. The zero-order valence-electron chi connectivity index (χ0n) is 16.3. The molecule has 0 bridgehead atoms. The van der Waals surface area contributed by atoms with Gasteiger partial charge in [-0.1, -0.05) is 72.5 Å². The van der Waals surface area contributed by atoms with Gasteiger partial charge in [-0.15, -0.1) is 0 Å². The molecule has 0 unspecified atom stereocenters. The van der Waals surface area contributed by atoms with Crippen molar-refractivity contribution in [3.63, 3.8) is 0 Å². The van der Waals surface area contributed by atoms with E-state index >= 15 is 0 Å². The van der Waals surface area contributed by atoms with Gasteiger partial charge in [0, 0.05) is 11.1 Å². The highest BCUT2D eigenvalue weighted by Gasteiger charge is 2.34. The minimum absolute atomic E-state index is 0.250. The van der Waals surface area contributed by atoms with Gasteiger partial charge in [-0.2, -0.15) is 0 Å². The van der Waals surface area contributed by atoms with E-state index in [0.29, 0.717) is 16.5 Å². The first kappa shape index (κ1) is 17.4. The fourth-order valence-corrected chi connectivity index (χ4v) is 4.27. The van der Waals surface area contributed by atoms with E-state index in [9.17, 15) is 9.59 Å². The lowest BCUT2D eigenvalue weighted by Gasteiger charge is -2.07. The Kier molecular flexibility index (Phi) is 3.68. The molecule has 0 N–H and O–H groups in total. The Labute approximate surface area is 177 Å². The molecule has 6 rings (SSSR count). The summed E-state index contributed by atoms with van der Waals surface area (Å²) in [6, 6.07) is 27.7. The van der Waals surface area contributed by atoms with Crippen LogP contribution in [-0.2, 0) is 4.74 Å². The molecule has 144 valence electrons. The quantitative estimate of drug-likeness (QED) is 0.142. The maximum atomic E-state index is 12.5. The summed E-state index contributed by atoms with van der Waals surface area (Å²) in [5.41, 5.74) is 1.92. The van der Waals surface area contributed by atoms with Crippen LogP contribution in [-0.4, -0.2) is 11.9 Å². The highest BCUT2D eigenvalue weighted by Crippen LogP contribution is 2.34. The molecule has 0 saturated heterocycles. The van der Waals surface area contributed by atoms with Crippen molar-refractivity contribution in [2.75, 3.05) is 0 Å². The monoisotopic (exact) mass is 398 g/mol. The van der Waals surface area contributed by atoms with Crippen molar-refractivity contribution in [2.24, 2.45) is 0 Å². The summed E-state index contributed by atoms with van der Waals surface area (Å²) in [7, 11) is 0. The van der Waals surface area contributed by atoms with E-state index in [1.807, 2.05) is 84.9 Å². The second-order valence-electron chi connectivity index (χ2n) is 7.55. The van der Waals surface area contributed by atoms with Gasteiger partial charge in [-0.3, -0.25) is 0 Å². The van der Waals surface area contributed by atoms with Crippen LogP contribution < -0.4 is 0 Å². The number of carbonyl (C=O) groups is 2. The number of hydrogen-bond acceptors (Lipinski definition) is 3. The van der Waals surface area contributed by atoms with Crippen LogP contribution in [0.15, 0.2) is 84.9 Å². The van der Waals surface area contributed by atoms with Crippen LogP contribution in [0, 0.1) is 11.8 Å². The Morgan fingerprint density at radius 3 is 2.00 bits per heavy atom. The molecule has 0 aliphatic carbocycles. The van der Waals surface area contributed by atoms with Crippen molar-refractivity contribution in [2.45, 2.75) is 0 Å². The number of rotatable bonds is 0. The maximum Gasteiger partial charge on any atom is 0.348 e. The van der Waals surface area contributed by atoms with Gasteiger partial charge in [0.2, 0.25) is 0 Å². The smallest absolute Gasteiger partial charge is 0.348 e. The maximum absolute atomic E-state index is 12.5. The van der Waals surface area contributed by atoms with Crippen LogP contribution in [0.1, 0.15) is 31.8 Å². The van der Waals surface area contributed by atoms with Crippen molar-refractivity contribution in [3.8, 4) is 11.8 Å². The summed E-state index contributed by atoms with van der Waals surface area (Å²) in [6.45, 7) is 0. The van der Waals surface area contributed by atoms with Crippen LogP contribution >= 0.6 is 0 Å². The zero-order valence-corrected chi connectivity index (χ0v) is 16.3. The lowest BCUT2D eigenvalue weighted by atomic mass is 9.93. The average Bonchev–Trinajstić information content (AvgIpc) is 3.10. The number of fused-ring (bicyclic) bond motifs is 5. The first-order valence-electron chi connectivity index (χ1n) is 9.95. The van der Waals surface area contributed by atoms with Crippen LogP contribution in [0.2, 0.25) is 0 Å². The van der Waals surface area contributed by atoms with E-state index in [2.05, 4.69) is 11.8 Å². The van der Waals surface area contributed by atoms with Crippen molar-refractivity contribution >= 4 is 44.3 Å². The summed E-state index contributed by atoms with van der Waals surface area (Å²) >= 11 is 0. The Bertz CT molecular complexity index is 1640. The van der Waals surface area contributed by atoms with Gasteiger partial charge in [-0.05, 0) is 56.6 Å². The molecule has 1 aliphatic rings. The van der Waals surface area contributed by atoms with Crippen molar-refractivity contribution in [1.82, 2.24) is 0 Å². The van der Waals surface area contributed by atoms with Crippen LogP contribution in [0.25, 0.3) is 32.3 Å². The first-order chi connectivity index (χ1) is 15.2. The zero-order chi connectivity index (χ0) is 20.9. The molecule has 5 aromatic carbocycles. The summed E-state index contributed by atoms with van der Waals surface area (Å²) in [5, 5.41) is 5.75. The third-order valence-corrected chi connectivity index (χ3v) is 5.72. The number of cyclic esters (lactones) is 2. The molecule has 3 heteroatoms. The molecule has 5 aromatic rings. The highest BCUT2D eigenvalue weighted by atomic mass is 16.6. The van der Waals surface area contributed by atoms with Gasteiger partial charge in [0.25, 0.3) is 0 Å². The van der Waals surface area contributed by atoms with Gasteiger partial charge < -0.3 is 4.74 Å². The van der Waals surface area contributed by atoms with E-state index in [1.165, 1.54) is 0 Å². The number of carbonyl (C=O) groups excluding carboxylic acids is 2. The molecule has 0 atom stereocenters. The second-order valence-corrected chi connectivity index (χ2v) is 7.55. The van der Waals surface area contributed by atoms with E-state index in [1.54, 1.807) is 0 Å². The Balaban J connectivity index is 1.63. The third-order valence-electron chi connectivity index (χ3n) is 5.72. The summed E-state index contributed by atoms with van der Waals surface area (Å²) < 4.78 is 4.97. The van der Waals surface area contributed by atoms with E-state index in [0.717, 1.165) is 32.5 Å². The molecule has 0 radical (unpaired) electrons. The van der Waals surface area contributed by atoms with E-state index in [-0.39, 0.29) is 5.56 Å². The van der Waals surface area contributed by atoms with Gasteiger partial charge in [0.1, 0.15) is 0 Å². The molecule has 31 heavy (non-hydrogen) atoms. The van der Waals surface area contributed by atoms with Crippen LogP contribution in [0.5, 0.6) is 0 Å². The molecule has 0 saturated carbocycles. The largest absolute Gasteiger partial charge is 0.386 e. The fourth-order valence-electron chi connectivity index (χ4n) is 4.27. The molecule has 1 heterocycles. The topological polar surface area (TPSA) is 43.4 Å². The SMILES string of the molecule is O=C1OC(=O)c2c1c(C#Cc1cccc3ccccc13)cc1cc3ccccc3cc21. The number of benzene rings is 5. The van der Waals surface area contributed by atoms with Crippen LogP contribution in [0.3, 0.4) is 0 Å². The number of hydrogen-bond donors (Lipinski definition) is 0. The molecule has 0 fully saturated rings. The molecule has 0 amide bonds. The number of esters is 2. The molecule has 3 nitrogen and oxygen atoms in total. The normalized spacial score (nSPS) is 12.6. The van der Waals surface area contributed by atoms with Crippen molar-refractivity contribution < 1.29 is 14.3 Å². The summed E-state index contributed by atoms with van der Waals surface area (Å²) in [4.78, 5) is 25.1. The van der Waals surface area contributed by atoms with Crippen LogP contribution in [0.4, 0.5) is 0 Å². The summed E-state index contributed by atoms with van der Waals surface area (Å²) in [5.74, 6) is 5.09. The Morgan fingerprint density at radius 1 is 0.516 bits per heavy atom. The minimum atomic E-state index is -0.641. The number of ether oxygens (including phenoxy) is 1. The van der Waals surface area contributed by atoms with E-state index in [4.69, 9.17) is 4.74 Å². The highest BCUT2D eigenvalue weighted by molar-refractivity contribution is 6.23. The second kappa shape index (κ2) is 6.55. The molecule has 0 spiro atoms. The summed E-state index contributed by atoms with van der Waals surface area (Å²) in [6.07, 6.45) is 0. The van der Waals surface area contributed by atoms with Gasteiger partial charge in [0.15, 0.2) is 0 Å². The Hall–Kier alpha value is -4.42. The standard InChI is InChI=1S/C28H14O3/c29-27-25-21(13-12-18-10-5-9-17-6-3-4-11-23(17)18)15-22-14-19-7-1-2-8-20(19)16-24(22)26(25)28(30)31-27/h1-11,14-16H.